The maximum absolute atomic E-state index is 14.4. The molecule has 0 saturated heterocycles. The molecule has 6 aromatic rings. The third-order valence-electron chi connectivity index (χ3n) is 7.62. The fourth-order valence-corrected chi connectivity index (χ4v) is 8.62. The molecule has 0 fully saturated rings. The van der Waals surface area contributed by atoms with E-state index in [1.165, 1.54) is 0 Å². The summed E-state index contributed by atoms with van der Waals surface area (Å²) < 4.78 is 14.4. The van der Waals surface area contributed by atoms with E-state index in [1.54, 1.807) is 0 Å². The molecule has 1 aliphatic heterocycles. The number of nitrogens with zero attached hydrogens (tertiary/aromatic N) is 1. The second-order valence-electron chi connectivity index (χ2n) is 9.67. The van der Waals surface area contributed by atoms with Crippen LogP contribution >= 0.6 is 7.14 Å². The van der Waals surface area contributed by atoms with Gasteiger partial charge >= 0.3 is 0 Å². The Bertz CT molecular complexity index is 1920. The molecule has 3 heteroatoms. The van der Waals surface area contributed by atoms with E-state index in [0.29, 0.717) is 5.56 Å². The van der Waals surface area contributed by atoms with Crippen LogP contribution in [0.3, 0.4) is 0 Å². The molecule has 6 aromatic carbocycles. The smallest absolute Gasteiger partial charge is 0.142 e. The molecule has 0 spiro atoms. The zero-order valence-corrected chi connectivity index (χ0v) is 21.2. The molecule has 0 saturated carbocycles. The van der Waals surface area contributed by atoms with Gasteiger partial charge in [-0.3, -0.25) is 0 Å². The first-order valence-corrected chi connectivity index (χ1v) is 14.5. The van der Waals surface area contributed by atoms with Crippen molar-refractivity contribution in [2.24, 2.45) is 0 Å². The minimum absolute atomic E-state index is 0.645. The van der Waals surface area contributed by atoms with E-state index in [2.05, 4.69) is 78.9 Å². The molecule has 0 amide bonds. The molecule has 1 heterocycles. The van der Waals surface area contributed by atoms with Crippen molar-refractivity contribution in [1.82, 2.24) is 0 Å². The molecule has 37 heavy (non-hydrogen) atoms. The lowest BCUT2D eigenvalue weighted by Gasteiger charge is -2.20. The van der Waals surface area contributed by atoms with Crippen LogP contribution in [0, 0.1) is 11.3 Å². The van der Waals surface area contributed by atoms with Crippen LogP contribution in [0.15, 0.2) is 115 Å². The van der Waals surface area contributed by atoms with Gasteiger partial charge in [-0.25, -0.2) is 0 Å². The normalized spacial score (nSPS) is 15.9. The van der Waals surface area contributed by atoms with E-state index in [9.17, 15) is 9.83 Å². The van der Waals surface area contributed by atoms with Crippen LogP contribution in [0.4, 0.5) is 0 Å². The zero-order valence-electron chi connectivity index (χ0n) is 20.3. The van der Waals surface area contributed by atoms with E-state index in [0.717, 1.165) is 65.5 Å². The van der Waals surface area contributed by atoms with Crippen molar-refractivity contribution in [3.63, 3.8) is 0 Å². The third-order valence-corrected chi connectivity index (χ3v) is 10.3. The van der Waals surface area contributed by atoms with Crippen molar-refractivity contribution < 1.29 is 4.57 Å². The van der Waals surface area contributed by atoms with Crippen LogP contribution in [0.1, 0.15) is 5.56 Å². The Labute approximate surface area is 215 Å². The second kappa shape index (κ2) is 8.04. The largest absolute Gasteiger partial charge is 0.314 e. The average Bonchev–Trinajstić information content (AvgIpc) is 3.19. The molecular formula is C34H22NOP. The van der Waals surface area contributed by atoms with Crippen molar-refractivity contribution in [3.05, 3.63) is 121 Å². The van der Waals surface area contributed by atoms with Gasteiger partial charge in [-0.05, 0) is 73.7 Å². The van der Waals surface area contributed by atoms with Gasteiger partial charge in [-0.1, -0.05) is 103 Å². The number of hydrogen-bond acceptors (Lipinski definition) is 2. The van der Waals surface area contributed by atoms with Crippen LogP contribution in [0.5, 0.6) is 0 Å². The fourth-order valence-electron chi connectivity index (χ4n) is 6.06. The number of nitriles is 1. The summed E-state index contributed by atoms with van der Waals surface area (Å²) in [5, 5.41) is 15.8. The summed E-state index contributed by atoms with van der Waals surface area (Å²) >= 11 is 0. The molecule has 7 rings (SSSR count). The van der Waals surface area contributed by atoms with Crippen molar-refractivity contribution >= 4 is 39.3 Å². The van der Waals surface area contributed by atoms with Crippen LogP contribution in [0.2, 0.25) is 0 Å². The van der Waals surface area contributed by atoms with Gasteiger partial charge in [0.1, 0.15) is 7.14 Å². The van der Waals surface area contributed by atoms with Gasteiger partial charge in [0.15, 0.2) is 0 Å². The summed E-state index contributed by atoms with van der Waals surface area (Å²) in [7, 11) is -2.79. The highest BCUT2D eigenvalue weighted by Crippen LogP contribution is 2.54. The van der Waals surface area contributed by atoms with Crippen LogP contribution < -0.4 is 10.6 Å². The van der Waals surface area contributed by atoms with E-state index >= 15 is 0 Å². The first kappa shape index (κ1) is 21.8. The molecule has 174 valence electrons. The summed E-state index contributed by atoms with van der Waals surface area (Å²) in [4.78, 5) is 0. The van der Waals surface area contributed by atoms with Crippen LogP contribution in [-0.2, 0) is 4.57 Å². The first-order valence-electron chi connectivity index (χ1n) is 12.3. The minimum atomic E-state index is -2.79. The highest BCUT2D eigenvalue weighted by atomic mass is 31.2. The molecule has 2 nitrogen and oxygen atoms in total. The minimum Gasteiger partial charge on any atom is -0.314 e. The molecule has 0 radical (unpaired) electrons. The van der Waals surface area contributed by atoms with Crippen LogP contribution in [-0.4, -0.2) is 6.66 Å². The standard InChI is InChI=1S/C34H22NOP/c1-37(36)31-16-7-6-9-24(31)29-14-8-15-30(34(29)37)33-27-12-4-2-10-25(27)32(26-11-3-5-13-28(26)33)23-19-17-22(21-35)18-20-23/h2-20H,1H3. The Morgan fingerprint density at radius 2 is 1.08 bits per heavy atom. The van der Waals surface area contributed by atoms with Gasteiger partial charge in [-0.15, -0.1) is 0 Å². The maximum atomic E-state index is 14.4. The molecule has 1 unspecified atom stereocenters. The average molecular weight is 492 g/mol. The predicted octanol–water partition coefficient (Wildman–Crippen LogP) is 8.12. The number of fused-ring (bicyclic) bond motifs is 5. The van der Waals surface area contributed by atoms with Gasteiger partial charge in [0.2, 0.25) is 0 Å². The Hall–Kier alpha value is -4.44. The highest BCUT2D eigenvalue weighted by molar-refractivity contribution is 7.79. The van der Waals surface area contributed by atoms with Crippen molar-refractivity contribution in [1.29, 1.82) is 5.26 Å². The lowest BCUT2D eigenvalue weighted by molar-refractivity contribution is 0.591. The summed E-state index contributed by atoms with van der Waals surface area (Å²) in [6.45, 7) is 1.91. The van der Waals surface area contributed by atoms with Crippen molar-refractivity contribution in [2.75, 3.05) is 6.66 Å². The molecule has 0 aromatic heterocycles. The fraction of sp³-hybridized carbons (Fsp3) is 0.0294. The monoisotopic (exact) mass is 491 g/mol. The molecule has 0 aliphatic carbocycles. The summed E-state index contributed by atoms with van der Waals surface area (Å²) in [6, 6.07) is 41.5. The molecule has 0 N–H and O–H groups in total. The van der Waals surface area contributed by atoms with E-state index in [4.69, 9.17) is 0 Å². The SMILES string of the molecule is CP1(=O)c2ccccc2-c2cccc(-c3c4ccccc4c(-c4ccc(C#N)cc4)c4ccccc34)c21. The predicted molar refractivity (Wildman–Crippen MR) is 155 cm³/mol. The summed E-state index contributed by atoms with van der Waals surface area (Å²) in [5.74, 6) is 0. The number of hydrogen-bond donors (Lipinski definition) is 0. The Balaban J connectivity index is 1.63. The number of benzene rings is 6. The number of rotatable bonds is 2. The molecular weight excluding hydrogens is 469 g/mol. The maximum Gasteiger partial charge on any atom is 0.142 e. The van der Waals surface area contributed by atoms with Gasteiger partial charge in [0, 0.05) is 10.6 Å². The molecule has 1 atom stereocenters. The zero-order chi connectivity index (χ0) is 25.1. The van der Waals surface area contributed by atoms with Crippen molar-refractivity contribution in [3.8, 4) is 39.4 Å². The Morgan fingerprint density at radius 1 is 0.568 bits per heavy atom. The van der Waals surface area contributed by atoms with Gasteiger partial charge in [0.05, 0.1) is 11.6 Å². The van der Waals surface area contributed by atoms with Gasteiger partial charge in [-0.2, -0.15) is 5.26 Å². The summed E-state index contributed by atoms with van der Waals surface area (Å²) in [5.41, 5.74) is 7.18. The molecule has 1 aliphatic rings. The van der Waals surface area contributed by atoms with Crippen molar-refractivity contribution in [2.45, 2.75) is 0 Å². The third kappa shape index (κ3) is 3.08. The lowest BCUT2D eigenvalue weighted by Crippen LogP contribution is -2.11. The lowest BCUT2D eigenvalue weighted by atomic mass is 9.85. The van der Waals surface area contributed by atoms with Gasteiger partial charge < -0.3 is 4.57 Å². The van der Waals surface area contributed by atoms with E-state index in [-0.39, 0.29) is 0 Å². The quantitative estimate of drug-likeness (QED) is 0.181. The van der Waals surface area contributed by atoms with E-state index < -0.39 is 7.14 Å². The van der Waals surface area contributed by atoms with E-state index in [1.807, 2.05) is 49.1 Å². The first-order chi connectivity index (χ1) is 18.1. The second-order valence-corrected chi connectivity index (χ2v) is 12.5. The van der Waals surface area contributed by atoms with Gasteiger partial charge in [0.25, 0.3) is 0 Å². The Morgan fingerprint density at radius 3 is 1.70 bits per heavy atom. The summed E-state index contributed by atoms with van der Waals surface area (Å²) in [6.07, 6.45) is 0. The Kier molecular flexibility index (Phi) is 4.74. The molecule has 0 bridgehead atoms. The highest BCUT2D eigenvalue weighted by Gasteiger charge is 2.37. The topological polar surface area (TPSA) is 40.9 Å². The van der Waals surface area contributed by atoms with Crippen LogP contribution in [0.25, 0.3) is 54.9 Å².